The molecule has 11 heteroatoms. The van der Waals surface area contributed by atoms with Crippen LogP contribution in [0.4, 0.5) is 4.79 Å². The van der Waals surface area contributed by atoms with Crippen molar-refractivity contribution in [3.63, 3.8) is 0 Å². The normalized spacial score (nSPS) is 31.2. The zero-order valence-corrected chi connectivity index (χ0v) is 25.4. The number of alkyl carbamates (subject to hydrolysis) is 1. The van der Waals surface area contributed by atoms with Crippen LogP contribution < -0.4 is 5.32 Å². The number of ether oxygens (including phenoxy) is 6. The van der Waals surface area contributed by atoms with Crippen LogP contribution in [-0.4, -0.2) is 75.1 Å². The van der Waals surface area contributed by atoms with Crippen LogP contribution in [0.25, 0.3) is 0 Å². The van der Waals surface area contributed by atoms with E-state index in [1.54, 1.807) is 0 Å². The SMILES string of the molecule is CC1(C)O[C@@H]2[C@@H](O1)[C@H](OC(=O)CNC(=O)OCc1ccccc1)[C@H]1OC(C)(C)O[C@@H]1[C@H]2O[Si](C)(C)C(C)(C)C. The van der Waals surface area contributed by atoms with Crippen LogP contribution in [0.1, 0.15) is 54.0 Å². The lowest BCUT2D eigenvalue weighted by atomic mass is 9.85. The van der Waals surface area contributed by atoms with E-state index in [0.717, 1.165) is 5.56 Å². The first-order chi connectivity index (χ1) is 18.0. The summed E-state index contributed by atoms with van der Waals surface area (Å²) in [4.78, 5) is 25.1. The van der Waals surface area contributed by atoms with Gasteiger partial charge in [0.15, 0.2) is 26.0 Å². The Morgan fingerprint density at radius 1 is 0.872 bits per heavy atom. The van der Waals surface area contributed by atoms with Crippen LogP contribution in [-0.2, 0) is 44.2 Å². The molecule has 0 spiro atoms. The van der Waals surface area contributed by atoms with Crippen LogP contribution >= 0.6 is 0 Å². The van der Waals surface area contributed by atoms with Crippen LogP contribution in [0, 0.1) is 0 Å². The third-order valence-electron chi connectivity index (χ3n) is 7.72. The first-order valence-corrected chi connectivity index (χ1v) is 16.4. The van der Waals surface area contributed by atoms with Gasteiger partial charge >= 0.3 is 12.1 Å². The highest BCUT2D eigenvalue weighted by molar-refractivity contribution is 6.74. The van der Waals surface area contributed by atoms with Gasteiger partial charge in [0, 0.05) is 0 Å². The van der Waals surface area contributed by atoms with Gasteiger partial charge in [-0.2, -0.15) is 0 Å². The topological polar surface area (TPSA) is 111 Å². The summed E-state index contributed by atoms with van der Waals surface area (Å²) in [6.07, 6.45) is -4.43. The molecule has 1 amide bonds. The molecule has 3 fully saturated rings. The first kappa shape index (κ1) is 29.9. The molecular formula is C28H43NO9Si. The van der Waals surface area contributed by atoms with Gasteiger partial charge in [0.25, 0.3) is 0 Å². The highest BCUT2D eigenvalue weighted by Gasteiger charge is 2.66. The second kappa shape index (κ2) is 10.8. The summed E-state index contributed by atoms with van der Waals surface area (Å²) in [6, 6.07) is 9.27. The number of carbonyl (C=O) groups excluding carboxylic acids is 2. The Bertz CT molecular complexity index is 1010. The number of hydrogen-bond donors (Lipinski definition) is 1. The molecule has 0 aromatic heterocycles. The van der Waals surface area contributed by atoms with E-state index in [0.29, 0.717) is 0 Å². The molecule has 1 aliphatic carbocycles. The number of rotatable bonds is 7. The van der Waals surface area contributed by atoms with Crippen LogP contribution in [0.5, 0.6) is 0 Å². The summed E-state index contributed by atoms with van der Waals surface area (Å²) in [6.45, 7) is 17.9. The standard InChI is InChI=1S/C28H43NO9Si/c1-26(2,3)39(8,9)38-24-22-20(34-27(4,5)36-22)19(21-23(24)37-28(6,7)35-21)33-18(30)15-29-25(31)32-16-17-13-11-10-12-14-17/h10-14,19-24H,15-16H2,1-9H3,(H,29,31)/t19-,20-,21+,22+,23-,24-. The van der Waals surface area contributed by atoms with E-state index in [2.05, 4.69) is 39.2 Å². The van der Waals surface area contributed by atoms with E-state index in [4.69, 9.17) is 32.8 Å². The maximum atomic E-state index is 12.9. The van der Waals surface area contributed by atoms with Gasteiger partial charge < -0.3 is 38.2 Å². The second-order valence-electron chi connectivity index (χ2n) is 12.8. The highest BCUT2D eigenvalue weighted by atomic mass is 28.4. The van der Waals surface area contributed by atoms with Gasteiger partial charge in [-0.05, 0) is 51.4 Å². The lowest BCUT2D eigenvalue weighted by Gasteiger charge is -2.47. The van der Waals surface area contributed by atoms with Crippen LogP contribution in [0.15, 0.2) is 30.3 Å². The van der Waals surface area contributed by atoms with Gasteiger partial charge in [-0.25, -0.2) is 4.79 Å². The van der Waals surface area contributed by atoms with Crippen LogP contribution in [0.3, 0.4) is 0 Å². The van der Waals surface area contributed by atoms with E-state index >= 15 is 0 Å². The molecule has 4 rings (SSSR count). The van der Waals surface area contributed by atoms with Gasteiger partial charge in [-0.15, -0.1) is 0 Å². The van der Waals surface area contributed by atoms with Crippen molar-refractivity contribution in [2.45, 2.75) is 121 Å². The molecule has 0 radical (unpaired) electrons. The van der Waals surface area contributed by atoms with Gasteiger partial charge in [0.05, 0.1) is 0 Å². The Balaban J connectivity index is 1.47. The average Bonchev–Trinajstić information content (AvgIpc) is 3.33. The molecular weight excluding hydrogens is 522 g/mol. The number of nitrogens with one attached hydrogen (secondary N) is 1. The summed E-state index contributed by atoms with van der Waals surface area (Å²) in [5.41, 5.74) is 0.839. The number of amides is 1. The van der Waals surface area contributed by atoms with E-state index in [1.165, 1.54) is 0 Å². The largest absolute Gasteiger partial charge is 0.455 e. The fraction of sp³-hybridized carbons (Fsp3) is 0.714. The molecule has 0 bridgehead atoms. The predicted molar refractivity (Wildman–Crippen MR) is 144 cm³/mol. The van der Waals surface area contributed by atoms with Crippen LogP contribution in [0.2, 0.25) is 18.1 Å². The molecule has 39 heavy (non-hydrogen) atoms. The lowest BCUT2D eigenvalue weighted by molar-refractivity contribution is -0.194. The molecule has 6 atom stereocenters. The van der Waals surface area contributed by atoms with E-state index < -0.39 is 68.6 Å². The predicted octanol–water partition coefficient (Wildman–Crippen LogP) is 4.27. The summed E-state index contributed by atoms with van der Waals surface area (Å²) < 4.78 is 43.2. The van der Waals surface area contributed by atoms with E-state index in [-0.39, 0.29) is 18.2 Å². The van der Waals surface area contributed by atoms with Crippen molar-refractivity contribution in [1.82, 2.24) is 5.32 Å². The van der Waals surface area contributed by atoms with Gasteiger partial charge in [-0.3, -0.25) is 4.79 Å². The molecule has 1 aromatic carbocycles. The van der Waals surface area contributed by atoms with Gasteiger partial charge in [-0.1, -0.05) is 51.1 Å². The lowest BCUT2D eigenvalue weighted by Crippen LogP contribution is -2.65. The number of hydrogen-bond acceptors (Lipinski definition) is 9. The van der Waals surface area contributed by atoms with Crippen molar-refractivity contribution in [1.29, 1.82) is 0 Å². The molecule has 3 aliphatic rings. The summed E-state index contributed by atoms with van der Waals surface area (Å²) in [5.74, 6) is -2.51. The fourth-order valence-corrected chi connectivity index (χ4v) is 6.22. The van der Waals surface area contributed by atoms with Crippen molar-refractivity contribution < 1.29 is 42.4 Å². The summed E-state index contributed by atoms with van der Waals surface area (Å²) in [7, 11) is -2.26. The van der Waals surface area contributed by atoms with E-state index in [9.17, 15) is 9.59 Å². The molecule has 1 N–H and O–H groups in total. The molecule has 10 nitrogen and oxygen atoms in total. The average molecular weight is 566 g/mol. The Morgan fingerprint density at radius 3 is 1.85 bits per heavy atom. The Morgan fingerprint density at radius 2 is 1.36 bits per heavy atom. The first-order valence-electron chi connectivity index (χ1n) is 13.5. The Hall–Kier alpha value is -2.02. The zero-order valence-electron chi connectivity index (χ0n) is 24.4. The Labute approximate surface area is 232 Å². The molecule has 2 saturated heterocycles. The van der Waals surface area contributed by atoms with E-state index in [1.807, 2.05) is 58.0 Å². The fourth-order valence-electron chi connectivity index (χ4n) is 4.92. The quantitative estimate of drug-likeness (QED) is 0.383. The van der Waals surface area contributed by atoms with Crippen molar-refractivity contribution in [2.75, 3.05) is 6.54 Å². The number of carbonyl (C=O) groups is 2. The van der Waals surface area contributed by atoms with Crippen molar-refractivity contribution in [3.8, 4) is 0 Å². The third-order valence-corrected chi connectivity index (χ3v) is 12.2. The third kappa shape index (κ3) is 6.83. The van der Waals surface area contributed by atoms with Crippen molar-refractivity contribution in [3.05, 3.63) is 35.9 Å². The smallest absolute Gasteiger partial charge is 0.407 e. The minimum Gasteiger partial charge on any atom is -0.455 e. The minimum absolute atomic E-state index is 0.0495. The Kier molecular flexibility index (Phi) is 8.26. The second-order valence-corrected chi connectivity index (χ2v) is 17.6. The summed E-state index contributed by atoms with van der Waals surface area (Å²) >= 11 is 0. The molecule has 218 valence electrons. The van der Waals surface area contributed by atoms with Gasteiger partial charge in [0.2, 0.25) is 0 Å². The molecule has 0 unspecified atom stereocenters. The van der Waals surface area contributed by atoms with Crippen molar-refractivity contribution in [2.24, 2.45) is 0 Å². The minimum atomic E-state index is -2.26. The highest BCUT2D eigenvalue weighted by Crippen LogP contribution is 2.48. The number of benzene rings is 1. The van der Waals surface area contributed by atoms with Crippen molar-refractivity contribution >= 4 is 20.4 Å². The number of fused-ring (bicyclic) bond motifs is 2. The van der Waals surface area contributed by atoms with Gasteiger partial charge in [0.1, 0.15) is 43.7 Å². The molecule has 1 saturated carbocycles. The molecule has 2 aliphatic heterocycles. The molecule has 1 aromatic rings. The monoisotopic (exact) mass is 565 g/mol. The number of esters is 1. The maximum absolute atomic E-state index is 12.9. The molecule has 2 heterocycles. The zero-order chi connectivity index (χ0) is 28.8. The summed E-state index contributed by atoms with van der Waals surface area (Å²) in [5, 5.41) is 2.40. The maximum Gasteiger partial charge on any atom is 0.407 e.